The molecule has 3 heteroatoms. The first-order chi connectivity index (χ1) is 9.29. The van der Waals surface area contributed by atoms with Gasteiger partial charge in [0.05, 0.1) is 6.54 Å². The van der Waals surface area contributed by atoms with Gasteiger partial charge in [-0.1, -0.05) is 48.5 Å². The van der Waals surface area contributed by atoms with Gasteiger partial charge in [-0.25, -0.2) is 0 Å². The zero-order chi connectivity index (χ0) is 13.5. The van der Waals surface area contributed by atoms with Gasteiger partial charge in [-0.15, -0.1) is 0 Å². The number of anilines is 1. The van der Waals surface area contributed by atoms with Crippen LogP contribution in [0.25, 0.3) is 0 Å². The molecule has 0 aliphatic heterocycles. The fourth-order valence-corrected chi connectivity index (χ4v) is 1.93. The number of benzene rings is 2. The van der Waals surface area contributed by atoms with Gasteiger partial charge in [0.2, 0.25) is 5.91 Å². The summed E-state index contributed by atoms with van der Waals surface area (Å²) >= 11 is 0. The van der Waals surface area contributed by atoms with E-state index < -0.39 is 0 Å². The van der Waals surface area contributed by atoms with Gasteiger partial charge in [0.15, 0.2) is 0 Å². The maximum Gasteiger partial charge on any atom is 0.239 e. The molecule has 0 unspecified atom stereocenters. The monoisotopic (exact) mass is 254 g/mol. The van der Waals surface area contributed by atoms with Crippen LogP contribution in [0.3, 0.4) is 0 Å². The Morgan fingerprint density at radius 2 is 1.68 bits per heavy atom. The third kappa shape index (κ3) is 3.85. The standard InChI is InChI=1S/C16H18N2O/c1-17-16(19)12-18-15-10-6-5-9-14(15)11-13-7-3-2-4-8-13/h2-10,18H,11-12H2,1H3,(H,17,19). The van der Waals surface area contributed by atoms with Crippen LogP contribution >= 0.6 is 0 Å². The molecule has 0 aliphatic carbocycles. The molecule has 2 N–H and O–H groups in total. The average molecular weight is 254 g/mol. The number of carbonyl (C=O) groups excluding carboxylic acids is 1. The van der Waals surface area contributed by atoms with Crippen molar-refractivity contribution in [2.24, 2.45) is 0 Å². The minimum atomic E-state index is -0.0190. The fourth-order valence-electron chi connectivity index (χ4n) is 1.93. The first-order valence-corrected chi connectivity index (χ1v) is 6.36. The molecule has 0 aromatic heterocycles. The molecular formula is C16H18N2O. The van der Waals surface area contributed by atoms with Crippen molar-refractivity contribution in [2.75, 3.05) is 18.9 Å². The van der Waals surface area contributed by atoms with Crippen molar-refractivity contribution in [3.63, 3.8) is 0 Å². The summed E-state index contributed by atoms with van der Waals surface area (Å²) in [6.45, 7) is 0.294. The molecule has 0 atom stereocenters. The average Bonchev–Trinajstić information content (AvgIpc) is 2.47. The highest BCUT2D eigenvalue weighted by Crippen LogP contribution is 2.18. The third-order valence-electron chi connectivity index (χ3n) is 2.97. The Morgan fingerprint density at radius 1 is 1.00 bits per heavy atom. The molecule has 2 aromatic carbocycles. The van der Waals surface area contributed by atoms with Crippen LogP contribution in [0.15, 0.2) is 54.6 Å². The minimum absolute atomic E-state index is 0.0190. The molecule has 0 fully saturated rings. The highest BCUT2D eigenvalue weighted by Gasteiger charge is 2.04. The van der Waals surface area contributed by atoms with Gasteiger partial charge in [0, 0.05) is 12.7 Å². The van der Waals surface area contributed by atoms with Gasteiger partial charge >= 0.3 is 0 Å². The van der Waals surface area contributed by atoms with Crippen molar-refractivity contribution in [3.05, 3.63) is 65.7 Å². The molecule has 3 nitrogen and oxygen atoms in total. The van der Waals surface area contributed by atoms with Gasteiger partial charge in [-0.3, -0.25) is 4.79 Å². The lowest BCUT2D eigenvalue weighted by molar-refractivity contribution is -0.118. The predicted octanol–water partition coefficient (Wildman–Crippen LogP) is 2.44. The van der Waals surface area contributed by atoms with Crippen LogP contribution < -0.4 is 10.6 Å². The smallest absolute Gasteiger partial charge is 0.239 e. The van der Waals surface area contributed by atoms with E-state index in [1.807, 2.05) is 36.4 Å². The maximum atomic E-state index is 11.3. The Labute approximate surface area is 113 Å². The molecule has 1 amide bonds. The van der Waals surface area contributed by atoms with Crippen molar-refractivity contribution in [1.82, 2.24) is 5.32 Å². The van der Waals surface area contributed by atoms with E-state index in [1.165, 1.54) is 11.1 Å². The normalized spacial score (nSPS) is 9.95. The van der Waals surface area contributed by atoms with E-state index >= 15 is 0 Å². The Morgan fingerprint density at radius 3 is 2.42 bits per heavy atom. The molecule has 0 aliphatic rings. The minimum Gasteiger partial charge on any atom is -0.376 e. The van der Waals surface area contributed by atoms with E-state index in [0.717, 1.165) is 12.1 Å². The number of amides is 1. The van der Waals surface area contributed by atoms with E-state index in [0.29, 0.717) is 6.54 Å². The van der Waals surface area contributed by atoms with Gasteiger partial charge in [0.1, 0.15) is 0 Å². The van der Waals surface area contributed by atoms with Gasteiger partial charge < -0.3 is 10.6 Å². The van der Waals surface area contributed by atoms with E-state index in [2.05, 4.69) is 28.8 Å². The summed E-state index contributed by atoms with van der Waals surface area (Å²) in [5, 5.41) is 5.78. The summed E-state index contributed by atoms with van der Waals surface area (Å²) in [6, 6.07) is 18.4. The number of hydrogen-bond acceptors (Lipinski definition) is 2. The van der Waals surface area contributed by atoms with Crippen molar-refractivity contribution >= 4 is 11.6 Å². The van der Waals surface area contributed by atoms with E-state index in [9.17, 15) is 4.79 Å². The first kappa shape index (κ1) is 13.1. The molecule has 0 spiro atoms. The third-order valence-corrected chi connectivity index (χ3v) is 2.97. The van der Waals surface area contributed by atoms with Crippen LogP contribution in [0, 0.1) is 0 Å². The molecule has 2 aromatic rings. The number of carbonyl (C=O) groups is 1. The Kier molecular flexibility index (Phi) is 4.56. The zero-order valence-electron chi connectivity index (χ0n) is 11.0. The first-order valence-electron chi connectivity index (χ1n) is 6.36. The van der Waals surface area contributed by atoms with Crippen LogP contribution in [0.1, 0.15) is 11.1 Å². The summed E-state index contributed by atoms with van der Waals surface area (Å²) in [7, 11) is 1.64. The molecule has 0 heterocycles. The molecular weight excluding hydrogens is 236 g/mol. The second-order valence-corrected chi connectivity index (χ2v) is 4.35. The van der Waals surface area contributed by atoms with Crippen LogP contribution in [-0.2, 0) is 11.2 Å². The molecule has 98 valence electrons. The van der Waals surface area contributed by atoms with Crippen molar-refractivity contribution in [3.8, 4) is 0 Å². The van der Waals surface area contributed by atoms with Crippen LogP contribution in [0.2, 0.25) is 0 Å². The SMILES string of the molecule is CNC(=O)CNc1ccccc1Cc1ccccc1. The van der Waals surface area contributed by atoms with Crippen LogP contribution in [0.5, 0.6) is 0 Å². The predicted molar refractivity (Wildman–Crippen MR) is 78.2 cm³/mol. The van der Waals surface area contributed by atoms with Crippen LogP contribution in [0.4, 0.5) is 5.69 Å². The number of hydrogen-bond donors (Lipinski definition) is 2. The lowest BCUT2D eigenvalue weighted by atomic mass is 10.0. The Balaban J connectivity index is 2.10. The maximum absolute atomic E-state index is 11.3. The number of nitrogens with one attached hydrogen (secondary N) is 2. The highest BCUT2D eigenvalue weighted by atomic mass is 16.1. The summed E-state index contributed by atoms with van der Waals surface area (Å²) < 4.78 is 0. The highest BCUT2D eigenvalue weighted by molar-refractivity contribution is 5.80. The lowest BCUT2D eigenvalue weighted by Gasteiger charge is -2.11. The number of rotatable bonds is 5. The van der Waals surface area contributed by atoms with Gasteiger partial charge in [0.25, 0.3) is 0 Å². The van der Waals surface area contributed by atoms with E-state index in [-0.39, 0.29) is 5.91 Å². The molecule has 2 rings (SSSR count). The van der Waals surface area contributed by atoms with E-state index in [1.54, 1.807) is 7.05 Å². The topological polar surface area (TPSA) is 41.1 Å². The second kappa shape index (κ2) is 6.59. The summed E-state index contributed by atoms with van der Waals surface area (Å²) in [6.07, 6.45) is 0.859. The largest absolute Gasteiger partial charge is 0.376 e. The Hall–Kier alpha value is -2.29. The lowest BCUT2D eigenvalue weighted by Crippen LogP contribution is -2.26. The molecule has 0 saturated heterocycles. The number of para-hydroxylation sites is 1. The number of likely N-dealkylation sites (N-methyl/N-ethyl adjacent to an activating group) is 1. The molecule has 0 radical (unpaired) electrons. The zero-order valence-corrected chi connectivity index (χ0v) is 11.0. The van der Waals surface area contributed by atoms with Crippen molar-refractivity contribution in [2.45, 2.75) is 6.42 Å². The molecule has 19 heavy (non-hydrogen) atoms. The quantitative estimate of drug-likeness (QED) is 0.860. The van der Waals surface area contributed by atoms with Gasteiger partial charge in [-0.05, 0) is 23.6 Å². The van der Waals surface area contributed by atoms with Crippen LogP contribution in [-0.4, -0.2) is 19.5 Å². The summed E-state index contributed by atoms with van der Waals surface area (Å²) in [5.41, 5.74) is 3.46. The fraction of sp³-hybridized carbons (Fsp3) is 0.188. The molecule has 0 saturated carbocycles. The van der Waals surface area contributed by atoms with Gasteiger partial charge in [-0.2, -0.15) is 0 Å². The summed E-state index contributed by atoms with van der Waals surface area (Å²) in [5.74, 6) is -0.0190. The van der Waals surface area contributed by atoms with E-state index in [4.69, 9.17) is 0 Å². The molecule has 0 bridgehead atoms. The van der Waals surface area contributed by atoms with Crippen molar-refractivity contribution < 1.29 is 4.79 Å². The Bertz CT molecular complexity index is 537. The van der Waals surface area contributed by atoms with Crippen molar-refractivity contribution in [1.29, 1.82) is 0 Å². The second-order valence-electron chi connectivity index (χ2n) is 4.35. The summed E-state index contributed by atoms with van der Waals surface area (Å²) in [4.78, 5) is 11.3.